The van der Waals surface area contributed by atoms with E-state index in [1.165, 1.54) is 16.6 Å². The molecule has 57 valence electrons. The Morgan fingerprint density at radius 1 is 1.08 bits per heavy atom. The summed E-state index contributed by atoms with van der Waals surface area (Å²) >= 11 is 0. The van der Waals surface area contributed by atoms with Gasteiger partial charge < -0.3 is 0 Å². The molecule has 0 bridgehead atoms. The first-order valence-corrected chi connectivity index (χ1v) is 4.15. The molecule has 1 aliphatic heterocycles. The van der Waals surface area contributed by atoms with Crippen molar-refractivity contribution < 1.29 is 0 Å². The van der Waals surface area contributed by atoms with Crippen molar-refractivity contribution in [1.29, 1.82) is 0 Å². The normalized spacial score (nSPS) is 14.2. The van der Waals surface area contributed by atoms with Gasteiger partial charge in [-0.2, -0.15) is 0 Å². The Bertz CT molecular complexity index is 331. The molecule has 0 nitrogen and oxygen atoms in total. The summed E-state index contributed by atoms with van der Waals surface area (Å²) < 4.78 is 0. The molecular formula is C11H10B. The second-order valence-electron chi connectivity index (χ2n) is 3.04. The van der Waals surface area contributed by atoms with Crippen LogP contribution in [0.5, 0.6) is 0 Å². The highest BCUT2D eigenvalue weighted by Crippen LogP contribution is 2.17. The van der Waals surface area contributed by atoms with E-state index in [0.717, 1.165) is 0 Å². The SMILES string of the molecule is Cc1ccc(C2=CC=C[B]2)cc1. The van der Waals surface area contributed by atoms with E-state index in [1.807, 2.05) is 0 Å². The first-order valence-electron chi connectivity index (χ1n) is 4.15. The van der Waals surface area contributed by atoms with Gasteiger partial charge >= 0.3 is 0 Å². The average Bonchev–Trinajstić information content (AvgIpc) is 2.58. The van der Waals surface area contributed by atoms with E-state index in [9.17, 15) is 0 Å². The lowest BCUT2D eigenvalue weighted by molar-refractivity contribution is 1.46. The van der Waals surface area contributed by atoms with Gasteiger partial charge in [0.1, 0.15) is 0 Å². The van der Waals surface area contributed by atoms with Gasteiger partial charge in [-0.15, -0.1) is 5.98 Å². The fraction of sp³-hybridized carbons (Fsp3) is 0.0909. The van der Waals surface area contributed by atoms with Gasteiger partial charge in [0, 0.05) is 0 Å². The monoisotopic (exact) mass is 153 g/mol. The van der Waals surface area contributed by atoms with Crippen LogP contribution in [0.4, 0.5) is 0 Å². The molecule has 0 unspecified atom stereocenters. The number of rotatable bonds is 1. The van der Waals surface area contributed by atoms with Gasteiger partial charge in [0.2, 0.25) is 0 Å². The minimum atomic E-state index is 1.30. The quantitative estimate of drug-likeness (QED) is 0.544. The van der Waals surface area contributed by atoms with Crippen LogP contribution >= 0.6 is 0 Å². The van der Waals surface area contributed by atoms with E-state index >= 15 is 0 Å². The van der Waals surface area contributed by atoms with Gasteiger partial charge in [-0.05, 0) is 12.5 Å². The van der Waals surface area contributed by atoms with Gasteiger partial charge in [-0.25, -0.2) is 0 Å². The maximum Gasteiger partial charge on any atom is 0.182 e. The standard InChI is InChI=1S/C11H10B/c1-9-4-6-10(7-5-9)11-3-2-8-12-11/h2-8H,1H3. The van der Waals surface area contributed by atoms with E-state index in [1.54, 1.807) is 0 Å². The van der Waals surface area contributed by atoms with Crippen molar-refractivity contribution in [2.75, 3.05) is 0 Å². The molecule has 1 radical (unpaired) electrons. The molecule has 2 rings (SSSR count). The van der Waals surface area contributed by atoms with Gasteiger partial charge in [0.25, 0.3) is 0 Å². The van der Waals surface area contributed by atoms with Crippen molar-refractivity contribution in [3.8, 4) is 0 Å². The van der Waals surface area contributed by atoms with Crippen molar-refractivity contribution in [2.45, 2.75) is 6.92 Å². The van der Waals surface area contributed by atoms with E-state index in [0.29, 0.717) is 0 Å². The van der Waals surface area contributed by atoms with Gasteiger partial charge in [0.15, 0.2) is 7.28 Å². The van der Waals surface area contributed by atoms with Gasteiger partial charge in [-0.1, -0.05) is 47.5 Å². The first-order chi connectivity index (χ1) is 5.86. The van der Waals surface area contributed by atoms with Crippen LogP contribution in [-0.4, -0.2) is 7.28 Å². The van der Waals surface area contributed by atoms with Crippen molar-refractivity contribution in [1.82, 2.24) is 0 Å². The summed E-state index contributed by atoms with van der Waals surface area (Å²) in [5.41, 5.74) is 3.91. The smallest absolute Gasteiger partial charge is 0.116 e. The Kier molecular flexibility index (Phi) is 1.87. The molecule has 1 aromatic rings. The Hall–Kier alpha value is -1.24. The molecule has 1 heterocycles. The number of benzene rings is 1. The molecule has 0 saturated carbocycles. The molecule has 0 fully saturated rings. The van der Waals surface area contributed by atoms with Crippen molar-refractivity contribution in [3.05, 3.63) is 53.5 Å². The lowest BCUT2D eigenvalue weighted by Gasteiger charge is -2.01. The van der Waals surface area contributed by atoms with E-state index in [-0.39, 0.29) is 0 Å². The van der Waals surface area contributed by atoms with Crippen molar-refractivity contribution >= 4 is 12.8 Å². The van der Waals surface area contributed by atoms with Gasteiger partial charge in [0.05, 0.1) is 0 Å². The predicted octanol–water partition coefficient (Wildman–Crippen LogP) is 2.57. The Morgan fingerprint density at radius 3 is 2.42 bits per heavy atom. The lowest BCUT2D eigenvalue weighted by atomic mass is 9.70. The zero-order valence-electron chi connectivity index (χ0n) is 7.12. The molecule has 0 aliphatic carbocycles. The fourth-order valence-electron chi connectivity index (χ4n) is 1.31. The Labute approximate surface area is 73.9 Å². The third kappa shape index (κ3) is 1.35. The molecule has 1 aliphatic rings. The summed E-state index contributed by atoms with van der Waals surface area (Å²) in [5.74, 6) is 2.06. The Morgan fingerprint density at radius 2 is 1.83 bits per heavy atom. The van der Waals surface area contributed by atoms with Crippen LogP contribution in [0.2, 0.25) is 0 Å². The molecular weight excluding hydrogens is 143 g/mol. The molecule has 1 heteroatoms. The molecule has 0 N–H and O–H groups in total. The molecule has 0 amide bonds. The van der Waals surface area contributed by atoms with Crippen LogP contribution in [0.25, 0.3) is 5.47 Å². The first kappa shape index (κ1) is 7.42. The number of hydrogen-bond acceptors (Lipinski definition) is 0. The summed E-state index contributed by atoms with van der Waals surface area (Å²) in [6.07, 6.45) is 4.19. The van der Waals surface area contributed by atoms with Gasteiger partial charge in [-0.3, -0.25) is 0 Å². The number of hydrogen-bond donors (Lipinski definition) is 0. The average molecular weight is 153 g/mol. The van der Waals surface area contributed by atoms with E-state index < -0.39 is 0 Å². The fourth-order valence-corrected chi connectivity index (χ4v) is 1.31. The van der Waals surface area contributed by atoms with Crippen LogP contribution in [-0.2, 0) is 0 Å². The summed E-state index contributed by atoms with van der Waals surface area (Å²) in [4.78, 5) is 0. The second kappa shape index (κ2) is 3.02. The maximum atomic E-state index is 2.16. The third-order valence-corrected chi connectivity index (χ3v) is 2.05. The third-order valence-electron chi connectivity index (χ3n) is 2.05. The molecule has 0 aromatic heterocycles. The number of allylic oxidation sites excluding steroid dienone is 2. The highest BCUT2D eigenvalue weighted by Gasteiger charge is 2.02. The number of aryl methyl sites for hydroxylation is 1. The summed E-state index contributed by atoms with van der Waals surface area (Å²) in [5, 5.41) is 0. The van der Waals surface area contributed by atoms with E-state index in [4.69, 9.17) is 0 Å². The van der Waals surface area contributed by atoms with Crippen molar-refractivity contribution in [3.63, 3.8) is 0 Å². The summed E-state index contributed by atoms with van der Waals surface area (Å²) in [6, 6.07) is 8.60. The second-order valence-corrected chi connectivity index (χ2v) is 3.04. The molecule has 0 spiro atoms. The molecule has 12 heavy (non-hydrogen) atoms. The molecule has 0 atom stereocenters. The minimum Gasteiger partial charge on any atom is -0.116 e. The van der Waals surface area contributed by atoms with Crippen LogP contribution in [0.1, 0.15) is 11.1 Å². The predicted molar refractivity (Wildman–Crippen MR) is 54.1 cm³/mol. The van der Waals surface area contributed by atoms with Crippen LogP contribution in [0.3, 0.4) is 0 Å². The summed E-state index contributed by atoms with van der Waals surface area (Å²) in [6.45, 7) is 2.11. The largest absolute Gasteiger partial charge is 0.182 e. The molecule has 0 saturated heterocycles. The highest BCUT2D eigenvalue weighted by molar-refractivity contribution is 6.66. The van der Waals surface area contributed by atoms with Crippen LogP contribution in [0, 0.1) is 6.92 Å². The molecule has 1 aromatic carbocycles. The highest BCUT2D eigenvalue weighted by atomic mass is 14.0. The topological polar surface area (TPSA) is 0 Å². The zero-order valence-corrected chi connectivity index (χ0v) is 7.12. The van der Waals surface area contributed by atoms with Crippen LogP contribution < -0.4 is 0 Å². The Balaban J connectivity index is 2.30. The van der Waals surface area contributed by atoms with Crippen LogP contribution in [0.15, 0.2) is 42.4 Å². The van der Waals surface area contributed by atoms with E-state index in [2.05, 4.69) is 56.6 Å². The maximum absolute atomic E-state index is 2.16. The minimum absolute atomic E-state index is 1.30. The summed E-state index contributed by atoms with van der Waals surface area (Å²) in [7, 11) is 2.13. The zero-order chi connectivity index (χ0) is 8.39. The lowest BCUT2D eigenvalue weighted by Crippen LogP contribution is -1.88. The van der Waals surface area contributed by atoms with Crippen molar-refractivity contribution in [2.24, 2.45) is 0 Å².